The van der Waals surface area contributed by atoms with Crippen molar-refractivity contribution in [2.24, 2.45) is 5.41 Å². The average molecular weight is 294 g/mol. The molecule has 20 heavy (non-hydrogen) atoms. The summed E-state index contributed by atoms with van der Waals surface area (Å²) in [4.78, 5) is 11.4. The molecule has 1 unspecified atom stereocenters. The van der Waals surface area contributed by atoms with Gasteiger partial charge in [0.15, 0.2) is 0 Å². The van der Waals surface area contributed by atoms with Gasteiger partial charge in [-0.25, -0.2) is 0 Å². The maximum atomic E-state index is 11.4. The zero-order valence-electron chi connectivity index (χ0n) is 12.1. The Morgan fingerprint density at radius 1 is 1.40 bits per heavy atom. The molecule has 0 aromatic heterocycles. The van der Waals surface area contributed by atoms with Crippen molar-refractivity contribution >= 4 is 17.7 Å². The van der Waals surface area contributed by atoms with Gasteiger partial charge in [0.2, 0.25) is 0 Å². The van der Waals surface area contributed by atoms with Gasteiger partial charge in [-0.05, 0) is 36.5 Å². The standard InChI is InChI=1S/C16H22O3S/c1-15(18,13-6-4-3-5-7-13)11-20-12-16(8-9-16)10-14(17)19-2/h3-7,18H,8-12H2,1-2H3. The van der Waals surface area contributed by atoms with Crippen LogP contribution in [0.3, 0.4) is 0 Å². The maximum Gasteiger partial charge on any atom is 0.306 e. The van der Waals surface area contributed by atoms with Crippen LogP contribution in [0, 0.1) is 5.41 Å². The highest BCUT2D eigenvalue weighted by molar-refractivity contribution is 7.99. The normalized spacial score (nSPS) is 19.1. The summed E-state index contributed by atoms with van der Waals surface area (Å²) in [6, 6.07) is 9.72. The molecule has 1 N–H and O–H groups in total. The summed E-state index contributed by atoms with van der Waals surface area (Å²) in [5.74, 6) is 1.42. The molecule has 1 atom stereocenters. The van der Waals surface area contributed by atoms with Crippen LogP contribution in [-0.2, 0) is 15.1 Å². The van der Waals surface area contributed by atoms with Gasteiger partial charge in [0.25, 0.3) is 0 Å². The monoisotopic (exact) mass is 294 g/mol. The van der Waals surface area contributed by atoms with E-state index in [1.54, 1.807) is 11.8 Å². The van der Waals surface area contributed by atoms with E-state index in [-0.39, 0.29) is 11.4 Å². The number of carbonyl (C=O) groups excluding carboxylic acids is 1. The predicted molar refractivity (Wildman–Crippen MR) is 81.6 cm³/mol. The predicted octanol–water partition coefficient (Wildman–Crippen LogP) is 2.97. The largest absolute Gasteiger partial charge is 0.469 e. The van der Waals surface area contributed by atoms with E-state index in [1.807, 2.05) is 37.3 Å². The lowest BCUT2D eigenvalue weighted by Gasteiger charge is -2.24. The van der Waals surface area contributed by atoms with E-state index >= 15 is 0 Å². The van der Waals surface area contributed by atoms with Crippen LogP contribution in [0.2, 0.25) is 0 Å². The number of ether oxygens (including phenoxy) is 1. The van der Waals surface area contributed by atoms with Crippen molar-refractivity contribution in [3.05, 3.63) is 35.9 Å². The molecular formula is C16H22O3S. The van der Waals surface area contributed by atoms with Crippen molar-refractivity contribution in [3.63, 3.8) is 0 Å². The molecule has 0 spiro atoms. The molecule has 1 saturated carbocycles. The Labute approximate surface area is 124 Å². The third-order valence-corrected chi connectivity index (χ3v) is 5.47. The Morgan fingerprint density at radius 3 is 2.60 bits per heavy atom. The summed E-state index contributed by atoms with van der Waals surface area (Å²) in [5, 5.41) is 10.5. The first-order chi connectivity index (χ1) is 9.47. The van der Waals surface area contributed by atoms with Crippen molar-refractivity contribution in [1.82, 2.24) is 0 Å². The molecular weight excluding hydrogens is 272 g/mol. The first kappa shape index (κ1) is 15.4. The SMILES string of the molecule is COC(=O)CC1(CSCC(C)(O)c2ccccc2)CC1. The molecule has 4 heteroatoms. The van der Waals surface area contributed by atoms with Crippen molar-refractivity contribution < 1.29 is 14.6 Å². The zero-order valence-corrected chi connectivity index (χ0v) is 12.9. The number of aliphatic hydroxyl groups is 1. The minimum Gasteiger partial charge on any atom is -0.469 e. The highest BCUT2D eigenvalue weighted by atomic mass is 32.2. The number of hydrogen-bond acceptors (Lipinski definition) is 4. The molecule has 1 aromatic rings. The number of benzene rings is 1. The number of carbonyl (C=O) groups is 1. The fourth-order valence-electron chi connectivity index (χ4n) is 2.27. The fourth-order valence-corrected chi connectivity index (χ4v) is 3.76. The van der Waals surface area contributed by atoms with Crippen LogP contribution >= 0.6 is 11.8 Å². The van der Waals surface area contributed by atoms with E-state index in [2.05, 4.69) is 0 Å². The molecule has 110 valence electrons. The molecule has 1 aliphatic carbocycles. The second-order valence-corrected chi connectivity index (χ2v) is 6.87. The van der Waals surface area contributed by atoms with Crippen LogP contribution in [0.25, 0.3) is 0 Å². The zero-order chi connectivity index (χ0) is 14.6. The summed E-state index contributed by atoms with van der Waals surface area (Å²) in [5.41, 5.74) is 0.225. The third kappa shape index (κ3) is 4.00. The van der Waals surface area contributed by atoms with Gasteiger partial charge in [-0.2, -0.15) is 11.8 Å². The Balaban J connectivity index is 1.82. The molecule has 0 heterocycles. The van der Waals surface area contributed by atoms with E-state index < -0.39 is 5.60 Å². The van der Waals surface area contributed by atoms with Crippen LogP contribution in [0.5, 0.6) is 0 Å². The minimum atomic E-state index is -0.826. The van der Waals surface area contributed by atoms with Gasteiger partial charge >= 0.3 is 5.97 Å². The topological polar surface area (TPSA) is 46.5 Å². The van der Waals surface area contributed by atoms with E-state index in [1.165, 1.54) is 7.11 Å². The minimum absolute atomic E-state index is 0.116. The molecule has 0 radical (unpaired) electrons. The molecule has 1 fully saturated rings. The van der Waals surface area contributed by atoms with Gasteiger partial charge in [-0.3, -0.25) is 4.79 Å². The molecule has 0 amide bonds. The molecule has 0 aliphatic heterocycles. The third-order valence-electron chi connectivity index (χ3n) is 3.89. The number of methoxy groups -OCH3 is 1. The fraction of sp³-hybridized carbons (Fsp3) is 0.562. The molecule has 2 rings (SSSR count). The van der Waals surface area contributed by atoms with E-state index in [0.717, 1.165) is 24.2 Å². The first-order valence-corrected chi connectivity index (χ1v) is 8.05. The van der Waals surface area contributed by atoms with E-state index in [4.69, 9.17) is 4.74 Å². The van der Waals surface area contributed by atoms with Crippen LogP contribution in [0.1, 0.15) is 31.7 Å². The van der Waals surface area contributed by atoms with Gasteiger partial charge in [-0.1, -0.05) is 30.3 Å². The molecule has 0 bridgehead atoms. The molecule has 1 aliphatic rings. The molecule has 3 nitrogen and oxygen atoms in total. The summed E-state index contributed by atoms with van der Waals surface area (Å²) in [6.07, 6.45) is 2.68. The summed E-state index contributed by atoms with van der Waals surface area (Å²) >= 11 is 1.72. The van der Waals surface area contributed by atoms with Gasteiger partial charge in [0.05, 0.1) is 19.1 Å². The van der Waals surface area contributed by atoms with Gasteiger partial charge in [-0.15, -0.1) is 0 Å². The summed E-state index contributed by atoms with van der Waals surface area (Å²) in [7, 11) is 1.44. The van der Waals surface area contributed by atoms with Gasteiger partial charge in [0, 0.05) is 5.75 Å². The Morgan fingerprint density at radius 2 is 2.05 bits per heavy atom. The molecule has 1 aromatic carbocycles. The van der Waals surface area contributed by atoms with Crippen molar-refractivity contribution in [2.45, 2.75) is 31.8 Å². The quantitative estimate of drug-likeness (QED) is 0.785. The van der Waals surface area contributed by atoms with Crippen LogP contribution in [-0.4, -0.2) is 29.7 Å². The number of rotatable bonds is 7. The lowest BCUT2D eigenvalue weighted by molar-refractivity contribution is -0.141. The van der Waals surface area contributed by atoms with Crippen molar-refractivity contribution in [2.75, 3.05) is 18.6 Å². The summed E-state index contributed by atoms with van der Waals surface area (Å²) < 4.78 is 4.75. The first-order valence-electron chi connectivity index (χ1n) is 6.90. The van der Waals surface area contributed by atoms with Gasteiger partial charge in [0.1, 0.15) is 0 Å². The number of thioether (sulfide) groups is 1. The van der Waals surface area contributed by atoms with Crippen LogP contribution in [0.15, 0.2) is 30.3 Å². The maximum absolute atomic E-state index is 11.4. The second-order valence-electron chi connectivity index (χ2n) is 5.89. The summed E-state index contributed by atoms with van der Waals surface area (Å²) in [6.45, 7) is 1.84. The Kier molecular flexibility index (Phi) is 4.76. The Bertz CT molecular complexity index is 452. The lowest BCUT2D eigenvalue weighted by Crippen LogP contribution is -2.25. The second kappa shape index (κ2) is 6.19. The Hall–Kier alpha value is -1.00. The van der Waals surface area contributed by atoms with Crippen LogP contribution in [0.4, 0.5) is 0 Å². The van der Waals surface area contributed by atoms with Crippen LogP contribution < -0.4 is 0 Å². The average Bonchev–Trinajstić information content (AvgIpc) is 3.19. The smallest absolute Gasteiger partial charge is 0.306 e. The van der Waals surface area contributed by atoms with Crippen molar-refractivity contribution in [3.8, 4) is 0 Å². The van der Waals surface area contributed by atoms with E-state index in [0.29, 0.717) is 12.2 Å². The molecule has 0 saturated heterocycles. The highest BCUT2D eigenvalue weighted by Gasteiger charge is 2.44. The number of hydrogen-bond donors (Lipinski definition) is 1. The van der Waals surface area contributed by atoms with Crippen molar-refractivity contribution in [1.29, 1.82) is 0 Å². The highest BCUT2D eigenvalue weighted by Crippen LogP contribution is 2.51. The van der Waals surface area contributed by atoms with E-state index in [9.17, 15) is 9.90 Å². The number of esters is 1. The lowest BCUT2D eigenvalue weighted by atomic mass is 9.99. The van der Waals surface area contributed by atoms with Gasteiger partial charge < -0.3 is 9.84 Å².